The molecule has 3 aromatic carbocycles. The van der Waals surface area contributed by atoms with Gasteiger partial charge in [0.05, 0.1) is 11.4 Å². The maximum atomic E-state index is 12.2. The Morgan fingerprint density at radius 2 is 1.61 bits per heavy atom. The van der Waals surface area contributed by atoms with Gasteiger partial charge in [-0.1, -0.05) is 23.4 Å². The molecule has 8 nitrogen and oxygen atoms in total. The van der Waals surface area contributed by atoms with Crippen LogP contribution in [0.2, 0.25) is 0 Å². The minimum absolute atomic E-state index is 0.115. The molecule has 0 saturated heterocycles. The molecule has 0 aliphatic heterocycles. The second-order valence-corrected chi connectivity index (χ2v) is 6.58. The molecule has 1 aromatic heterocycles. The van der Waals surface area contributed by atoms with Crippen molar-refractivity contribution in [3.8, 4) is 17.1 Å². The molecule has 31 heavy (non-hydrogen) atoms. The fourth-order valence-electron chi connectivity index (χ4n) is 2.68. The van der Waals surface area contributed by atoms with E-state index in [9.17, 15) is 4.79 Å². The highest BCUT2D eigenvalue weighted by Gasteiger charge is 2.07. The van der Waals surface area contributed by atoms with Gasteiger partial charge in [-0.3, -0.25) is 4.79 Å². The highest BCUT2D eigenvalue weighted by molar-refractivity contribution is 5.92. The van der Waals surface area contributed by atoms with Crippen molar-refractivity contribution < 1.29 is 14.1 Å². The number of carbonyl (C=O) groups is 1. The number of amides is 1. The summed E-state index contributed by atoms with van der Waals surface area (Å²) in [5.74, 6) is 1.31. The van der Waals surface area contributed by atoms with Crippen LogP contribution in [-0.2, 0) is 4.79 Å². The molecule has 0 atom stereocenters. The third kappa shape index (κ3) is 5.60. The minimum atomic E-state index is -0.267. The average molecular weight is 413 g/mol. The number of nitrogens with one attached hydrogen (secondary N) is 1. The van der Waals surface area contributed by atoms with Gasteiger partial charge in [-0.2, -0.15) is 15.2 Å². The summed E-state index contributed by atoms with van der Waals surface area (Å²) in [6.07, 6.45) is 0. The normalized spacial score (nSPS) is 10.9. The molecular weight excluding hydrogens is 394 g/mol. The van der Waals surface area contributed by atoms with Gasteiger partial charge in [-0.15, -0.1) is 0 Å². The molecule has 0 spiro atoms. The van der Waals surface area contributed by atoms with Crippen LogP contribution in [0.1, 0.15) is 5.89 Å². The molecule has 0 aliphatic carbocycles. The maximum Gasteiger partial charge on any atom is 0.262 e. The van der Waals surface area contributed by atoms with E-state index in [-0.39, 0.29) is 12.5 Å². The van der Waals surface area contributed by atoms with Crippen molar-refractivity contribution in [2.45, 2.75) is 6.92 Å². The monoisotopic (exact) mass is 413 g/mol. The molecule has 0 aliphatic rings. The number of nitrogens with zero attached hydrogens (tertiary/aromatic N) is 4. The Hall–Kier alpha value is -4.33. The summed E-state index contributed by atoms with van der Waals surface area (Å²) in [4.78, 5) is 16.3. The van der Waals surface area contributed by atoms with Crippen LogP contribution < -0.4 is 10.1 Å². The Morgan fingerprint density at radius 1 is 0.935 bits per heavy atom. The van der Waals surface area contributed by atoms with E-state index in [1.54, 1.807) is 55.5 Å². The van der Waals surface area contributed by atoms with E-state index in [2.05, 4.69) is 25.7 Å². The smallest absolute Gasteiger partial charge is 0.262 e. The van der Waals surface area contributed by atoms with Crippen molar-refractivity contribution >= 4 is 23.0 Å². The first-order valence-corrected chi connectivity index (χ1v) is 9.56. The van der Waals surface area contributed by atoms with Gasteiger partial charge in [0.2, 0.25) is 11.7 Å². The van der Waals surface area contributed by atoms with Gasteiger partial charge in [-0.05, 0) is 60.7 Å². The van der Waals surface area contributed by atoms with E-state index in [0.717, 1.165) is 11.3 Å². The first-order valence-electron chi connectivity index (χ1n) is 9.56. The van der Waals surface area contributed by atoms with Crippen molar-refractivity contribution in [2.75, 3.05) is 11.9 Å². The van der Waals surface area contributed by atoms with E-state index >= 15 is 0 Å². The van der Waals surface area contributed by atoms with Crippen LogP contribution in [-0.4, -0.2) is 22.7 Å². The molecule has 0 saturated carbocycles. The first kappa shape index (κ1) is 20.0. The maximum absolute atomic E-state index is 12.2. The summed E-state index contributed by atoms with van der Waals surface area (Å²) < 4.78 is 10.5. The van der Waals surface area contributed by atoms with Gasteiger partial charge in [0, 0.05) is 18.2 Å². The van der Waals surface area contributed by atoms with E-state index < -0.39 is 0 Å². The average Bonchev–Trinajstić information content (AvgIpc) is 3.24. The molecule has 154 valence electrons. The summed E-state index contributed by atoms with van der Waals surface area (Å²) in [6.45, 7) is 1.62. The van der Waals surface area contributed by atoms with Gasteiger partial charge >= 0.3 is 0 Å². The van der Waals surface area contributed by atoms with Crippen LogP contribution in [0, 0.1) is 6.92 Å². The zero-order valence-electron chi connectivity index (χ0n) is 16.7. The fraction of sp³-hybridized carbons (Fsp3) is 0.0870. The third-order valence-corrected chi connectivity index (χ3v) is 4.20. The Kier molecular flexibility index (Phi) is 6.08. The van der Waals surface area contributed by atoms with Crippen LogP contribution in [0.25, 0.3) is 11.4 Å². The number of anilines is 1. The zero-order valence-corrected chi connectivity index (χ0v) is 16.7. The van der Waals surface area contributed by atoms with Crippen LogP contribution in [0.4, 0.5) is 17.1 Å². The number of azo groups is 1. The summed E-state index contributed by atoms with van der Waals surface area (Å²) >= 11 is 0. The second-order valence-electron chi connectivity index (χ2n) is 6.58. The van der Waals surface area contributed by atoms with Gasteiger partial charge in [0.25, 0.3) is 5.91 Å². The number of aryl methyl sites for hydroxylation is 1. The minimum Gasteiger partial charge on any atom is -0.484 e. The lowest BCUT2D eigenvalue weighted by atomic mass is 10.2. The van der Waals surface area contributed by atoms with Crippen molar-refractivity contribution in [2.24, 2.45) is 10.2 Å². The Morgan fingerprint density at radius 3 is 2.26 bits per heavy atom. The third-order valence-electron chi connectivity index (χ3n) is 4.20. The van der Waals surface area contributed by atoms with E-state index in [1.165, 1.54) is 0 Å². The summed E-state index contributed by atoms with van der Waals surface area (Å²) in [5.41, 5.74) is 2.92. The standard InChI is InChI=1S/C23H19N5O3/c1-16-24-23(28-31-16)17-7-13-21(14-8-17)30-15-22(29)25-18-9-11-20(12-10-18)27-26-19-5-3-2-4-6-19/h2-14H,15H2,1H3,(H,25,29). The molecule has 0 unspecified atom stereocenters. The number of carbonyl (C=O) groups excluding carboxylic acids is 1. The molecule has 1 amide bonds. The lowest BCUT2D eigenvalue weighted by molar-refractivity contribution is -0.118. The largest absolute Gasteiger partial charge is 0.484 e. The molecule has 1 heterocycles. The predicted molar refractivity (Wildman–Crippen MR) is 116 cm³/mol. The number of benzene rings is 3. The quantitative estimate of drug-likeness (QED) is 0.404. The molecule has 0 bridgehead atoms. The lowest BCUT2D eigenvalue weighted by Crippen LogP contribution is -2.20. The highest BCUT2D eigenvalue weighted by Crippen LogP contribution is 2.21. The van der Waals surface area contributed by atoms with Crippen LogP contribution in [0.3, 0.4) is 0 Å². The number of ether oxygens (including phenoxy) is 1. The molecule has 0 fully saturated rings. The highest BCUT2D eigenvalue weighted by atomic mass is 16.5. The van der Waals surface area contributed by atoms with Crippen molar-refractivity contribution in [3.63, 3.8) is 0 Å². The Balaban J connectivity index is 1.27. The van der Waals surface area contributed by atoms with Crippen molar-refractivity contribution in [1.82, 2.24) is 10.1 Å². The molecule has 4 rings (SSSR count). The van der Waals surface area contributed by atoms with Crippen molar-refractivity contribution in [3.05, 3.63) is 84.8 Å². The number of aromatic nitrogens is 2. The summed E-state index contributed by atoms with van der Waals surface area (Å²) in [7, 11) is 0. The topological polar surface area (TPSA) is 102 Å². The van der Waals surface area contributed by atoms with Gasteiger partial charge in [0.1, 0.15) is 5.75 Å². The SMILES string of the molecule is Cc1nc(-c2ccc(OCC(=O)Nc3ccc(N=Nc4ccccc4)cc3)cc2)no1. The van der Waals surface area contributed by atoms with Crippen LogP contribution in [0.15, 0.2) is 93.6 Å². The Labute approximate surface area is 178 Å². The van der Waals surface area contributed by atoms with Gasteiger partial charge < -0.3 is 14.6 Å². The molecule has 0 radical (unpaired) electrons. The van der Waals surface area contributed by atoms with Gasteiger partial charge in [-0.25, -0.2) is 0 Å². The summed E-state index contributed by atoms with van der Waals surface area (Å²) in [6, 6.07) is 23.7. The first-order chi connectivity index (χ1) is 15.2. The van der Waals surface area contributed by atoms with Crippen LogP contribution >= 0.6 is 0 Å². The molecule has 1 N–H and O–H groups in total. The summed E-state index contributed by atoms with van der Waals surface area (Å²) in [5, 5.41) is 15.0. The fourth-order valence-corrected chi connectivity index (χ4v) is 2.68. The second kappa shape index (κ2) is 9.45. The van der Waals surface area contributed by atoms with E-state index in [1.807, 2.05) is 30.3 Å². The van der Waals surface area contributed by atoms with Crippen molar-refractivity contribution in [1.29, 1.82) is 0 Å². The zero-order chi connectivity index (χ0) is 21.5. The van der Waals surface area contributed by atoms with Crippen LogP contribution in [0.5, 0.6) is 5.75 Å². The predicted octanol–water partition coefficient (Wildman–Crippen LogP) is 5.48. The van der Waals surface area contributed by atoms with Gasteiger partial charge in [0.15, 0.2) is 6.61 Å². The number of hydrogen-bond acceptors (Lipinski definition) is 7. The number of rotatable bonds is 7. The lowest BCUT2D eigenvalue weighted by Gasteiger charge is -2.08. The number of hydrogen-bond donors (Lipinski definition) is 1. The molecule has 4 aromatic rings. The molecule has 8 heteroatoms. The molecular formula is C23H19N5O3. The van der Waals surface area contributed by atoms with E-state index in [4.69, 9.17) is 9.26 Å². The van der Waals surface area contributed by atoms with E-state index in [0.29, 0.717) is 28.8 Å². The Bertz CT molecular complexity index is 1170.